The third-order valence-electron chi connectivity index (χ3n) is 5.37. The van der Waals surface area contributed by atoms with E-state index in [0.29, 0.717) is 28.1 Å². The highest BCUT2D eigenvalue weighted by Gasteiger charge is 2.25. The lowest BCUT2D eigenvalue weighted by Gasteiger charge is -2.19. The first-order chi connectivity index (χ1) is 16.4. The number of para-hydroxylation sites is 1. The van der Waals surface area contributed by atoms with Gasteiger partial charge in [-0.1, -0.05) is 29.8 Å². The number of hydrogen-bond acceptors (Lipinski definition) is 6. The van der Waals surface area contributed by atoms with Gasteiger partial charge in [0.2, 0.25) is 5.56 Å². The SMILES string of the molecule is Cc1ncsc1CCOC(=O)C(Cc1cc(=O)[nH]c2ccccc12)NC(=O)c1ccc(Cl)cc1. The van der Waals surface area contributed by atoms with Crippen LogP contribution < -0.4 is 10.9 Å². The maximum Gasteiger partial charge on any atom is 0.329 e. The Morgan fingerprint density at radius 2 is 1.94 bits per heavy atom. The fraction of sp³-hybridized carbons (Fsp3) is 0.200. The van der Waals surface area contributed by atoms with E-state index in [-0.39, 0.29) is 18.6 Å². The molecule has 0 saturated heterocycles. The Hall–Kier alpha value is -3.49. The standard InChI is InChI=1S/C25H22ClN3O4S/c1-15-22(34-14-27-15)10-11-33-25(32)21(29-24(31)16-6-8-18(26)9-7-16)12-17-13-23(30)28-20-5-3-2-4-19(17)20/h2-9,13-14,21H,10-12H2,1H3,(H,28,30)(H,29,31). The van der Waals surface area contributed by atoms with Crippen LogP contribution in [0.5, 0.6) is 0 Å². The second-order valence-corrected chi connectivity index (χ2v) is 9.10. The summed E-state index contributed by atoms with van der Waals surface area (Å²) in [6.45, 7) is 2.06. The first-order valence-electron chi connectivity index (χ1n) is 10.6. The molecule has 9 heteroatoms. The molecule has 2 N–H and O–H groups in total. The maximum absolute atomic E-state index is 13.0. The summed E-state index contributed by atoms with van der Waals surface area (Å²) in [5.41, 5.74) is 4.02. The van der Waals surface area contributed by atoms with Gasteiger partial charge in [-0.05, 0) is 42.8 Å². The molecule has 1 unspecified atom stereocenters. The van der Waals surface area contributed by atoms with E-state index in [1.54, 1.807) is 35.8 Å². The number of pyridine rings is 1. The van der Waals surface area contributed by atoms with Crippen molar-refractivity contribution in [2.24, 2.45) is 0 Å². The highest BCUT2D eigenvalue weighted by Crippen LogP contribution is 2.18. The van der Waals surface area contributed by atoms with E-state index < -0.39 is 17.9 Å². The number of carbonyl (C=O) groups is 2. The van der Waals surface area contributed by atoms with Gasteiger partial charge in [0.05, 0.1) is 17.8 Å². The predicted octanol–water partition coefficient (Wildman–Crippen LogP) is 4.07. The number of ether oxygens (including phenoxy) is 1. The Morgan fingerprint density at radius 1 is 1.18 bits per heavy atom. The highest BCUT2D eigenvalue weighted by atomic mass is 35.5. The fourth-order valence-corrected chi connectivity index (χ4v) is 4.50. The van der Waals surface area contributed by atoms with Crippen LogP contribution in [0.3, 0.4) is 0 Å². The van der Waals surface area contributed by atoms with Gasteiger partial charge >= 0.3 is 5.97 Å². The molecule has 4 rings (SSSR count). The second kappa shape index (κ2) is 10.6. The number of amides is 1. The fourth-order valence-electron chi connectivity index (χ4n) is 3.61. The quantitative estimate of drug-likeness (QED) is 0.359. The molecule has 4 aromatic rings. The molecule has 0 aliphatic heterocycles. The highest BCUT2D eigenvalue weighted by molar-refractivity contribution is 7.09. The second-order valence-electron chi connectivity index (χ2n) is 7.72. The number of aromatic amines is 1. The van der Waals surface area contributed by atoms with Crippen molar-refractivity contribution >= 4 is 45.7 Å². The average molecular weight is 496 g/mol. The van der Waals surface area contributed by atoms with Crippen molar-refractivity contribution in [3.8, 4) is 0 Å². The summed E-state index contributed by atoms with van der Waals surface area (Å²) in [6, 6.07) is 14.1. The van der Waals surface area contributed by atoms with Gasteiger partial charge in [0.1, 0.15) is 6.04 Å². The predicted molar refractivity (Wildman–Crippen MR) is 132 cm³/mol. The number of nitrogens with zero attached hydrogens (tertiary/aromatic N) is 1. The summed E-state index contributed by atoms with van der Waals surface area (Å²) in [6.07, 6.45) is 0.635. The number of halogens is 1. The minimum atomic E-state index is -0.990. The number of hydrogen-bond donors (Lipinski definition) is 2. The Kier molecular flexibility index (Phi) is 7.40. The third-order valence-corrected chi connectivity index (χ3v) is 6.62. The first kappa shape index (κ1) is 23.7. The van der Waals surface area contributed by atoms with E-state index in [1.807, 2.05) is 25.1 Å². The Balaban J connectivity index is 1.56. The molecule has 0 radical (unpaired) electrons. The van der Waals surface area contributed by atoms with Crippen LogP contribution in [-0.4, -0.2) is 34.5 Å². The number of H-pyrrole nitrogens is 1. The molecule has 7 nitrogen and oxygen atoms in total. The van der Waals surface area contributed by atoms with Gasteiger partial charge in [-0.25, -0.2) is 9.78 Å². The lowest BCUT2D eigenvalue weighted by Crippen LogP contribution is -2.43. The van der Waals surface area contributed by atoms with Crippen molar-refractivity contribution < 1.29 is 14.3 Å². The molecule has 0 aliphatic rings. The molecule has 0 spiro atoms. The number of aromatic nitrogens is 2. The van der Waals surface area contributed by atoms with Crippen molar-refractivity contribution in [3.05, 3.63) is 97.2 Å². The maximum atomic E-state index is 13.0. The van der Waals surface area contributed by atoms with Gasteiger partial charge in [0, 0.05) is 45.3 Å². The van der Waals surface area contributed by atoms with Crippen LogP contribution in [-0.2, 0) is 22.4 Å². The summed E-state index contributed by atoms with van der Waals surface area (Å²) in [5.74, 6) is -1.01. The van der Waals surface area contributed by atoms with E-state index in [0.717, 1.165) is 16.0 Å². The van der Waals surface area contributed by atoms with Crippen LogP contribution in [0.4, 0.5) is 0 Å². The molecule has 1 atom stereocenters. The molecule has 0 aliphatic carbocycles. The zero-order valence-electron chi connectivity index (χ0n) is 18.3. The van der Waals surface area contributed by atoms with Gasteiger partial charge in [-0.15, -0.1) is 11.3 Å². The number of rotatable bonds is 8. The molecule has 0 fully saturated rings. The molecule has 174 valence electrons. The van der Waals surface area contributed by atoms with Crippen LogP contribution in [0.1, 0.15) is 26.5 Å². The van der Waals surface area contributed by atoms with Crippen LogP contribution >= 0.6 is 22.9 Å². The monoisotopic (exact) mass is 495 g/mol. The van der Waals surface area contributed by atoms with E-state index in [1.165, 1.54) is 17.4 Å². The zero-order valence-corrected chi connectivity index (χ0v) is 19.9. The molecular formula is C25H22ClN3O4S. The number of aryl methyl sites for hydroxylation is 1. The Morgan fingerprint density at radius 3 is 2.68 bits per heavy atom. The Labute approximate surface area is 204 Å². The summed E-state index contributed by atoms with van der Waals surface area (Å²) >= 11 is 7.42. The molecule has 34 heavy (non-hydrogen) atoms. The smallest absolute Gasteiger partial charge is 0.329 e. The Bertz CT molecular complexity index is 1380. The molecule has 0 bridgehead atoms. The normalized spacial score (nSPS) is 11.8. The van der Waals surface area contributed by atoms with E-state index in [4.69, 9.17) is 16.3 Å². The van der Waals surface area contributed by atoms with Crippen LogP contribution in [0.2, 0.25) is 5.02 Å². The van der Waals surface area contributed by atoms with Gasteiger partial charge in [0.25, 0.3) is 5.91 Å². The van der Waals surface area contributed by atoms with E-state index in [9.17, 15) is 14.4 Å². The number of nitrogens with one attached hydrogen (secondary N) is 2. The molecule has 2 aromatic heterocycles. The van der Waals surface area contributed by atoms with Gasteiger partial charge in [-0.3, -0.25) is 9.59 Å². The van der Waals surface area contributed by atoms with Crippen molar-refractivity contribution in [2.45, 2.75) is 25.8 Å². The van der Waals surface area contributed by atoms with Crippen LogP contribution in [0.15, 0.2) is 64.9 Å². The van der Waals surface area contributed by atoms with E-state index in [2.05, 4.69) is 15.3 Å². The lowest BCUT2D eigenvalue weighted by molar-refractivity contribution is -0.145. The largest absolute Gasteiger partial charge is 0.464 e. The number of fused-ring (bicyclic) bond motifs is 1. The number of thiazole rings is 1. The van der Waals surface area contributed by atoms with Crippen molar-refractivity contribution in [2.75, 3.05) is 6.61 Å². The molecular weight excluding hydrogens is 474 g/mol. The molecule has 2 heterocycles. The van der Waals surface area contributed by atoms with E-state index >= 15 is 0 Å². The first-order valence-corrected chi connectivity index (χ1v) is 11.9. The average Bonchev–Trinajstić information content (AvgIpc) is 3.23. The number of carbonyl (C=O) groups excluding carboxylic acids is 2. The molecule has 0 saturated carbocycles. The molecule has 2 aromatic carbocycles. The van der Waals surface area contributed by atoms with Gasteiger partial charge in [0.15, 0.2) is 0 Å². The van der Waals surface area contributed by atoms with Gasteiger partial charge < -0.3 is 15.0 Å². The van der Waals surface area contributed by atoms with Crippen molar-refractivity contribution in [1.29, 1.82) is 0 Å². The lowest BCUT2D eigenvalue weighted by atomic mass is 10.0. The van der Waals surface area contributed by atoms with Crippen molar-refractivity contribution in [3.63, 3.8) is 0 Å². The summed E-state index contributed by atoms with van der Waals surface area (Å²) < 4.78 is 5.52. The third kappa shape index (κ3) is 5.70. The number of benzene rings is 2. The van der Waals surface area contributed by atoms with Crippen LogP contribution in [0.25, 0.3) is 10.9 Å². The number of esters is 1. The topological polar surface area (TPSA) is 101 Å². The molecule has 1 amide bonds. The summed E-state index contributed by atoms with van der Waals surface area (Å²) in [4.78, 5) is 46.1. The van der Waals surface area contributed by atoms with Crippen molar-refractivity contribution in [1.82, 2.24) is 15.3 Å². The zero-order chi connectivity index (χ0) is 24.1. The summed E-state index contributed by atoms with van der Waals surface area (Å²) in [5, 5.41) is 4.06. The summed E-state index contributed by atoms with van der Waals surface area (Å²) in [7, 11) is 0. The van der Waals surface area contributed by atoms with Crippen LogP contribution in [0, 0.1) is 6.92 Å². The minimum Gasteiger partial charge on any atom is -0.464 e. The van der Waals surface area contributed by atoms with Gasteiger partial charge in [-0.2, -0.15) is 0 Å². The minimum absolute atomic E-state index is 0.0994.